The van der Waals surface area contributed by atoms with Gasteiger partial charge in [0.05, 0.1) is 35.5 Å². The van der Waals surface area contributed by atoms with Gasteiger partial charge in [-0.05, 0) is 77.3 Å². The summed E-state index contributed by atoms with van der Waals surface area (Å²) in [5.74, 6) is 0.361. The molecule has 11 heteroatoms. The molecule has 1 N–H and O–H groups in total. The van der Waals surface area contributed by atoms with E-state index in [1.54, 1.807) is 49.4 Å². The summed E-state index contributed by atoms with van der Waals surface area (Å²) < 4.78 is 39.3. The quantitative estimate of drug-likeness (QED) is 0.275. The van der Waals surface area contributed by atoms with Gasteiger partial charge in [-0.15, -0.1) is 0 Å². The number of carbonyl (C=O) groups is 1. The minimum absolute atomic E-state index is 0.0546. The second-order valence-electron chi connectivity index (χ2n) is 7.74. The normalized spacial score (nSPS) is 11.4. The lowest BCUT2D eigenvalue weighted by Gasteiger charge is -2.25. The Labute approximate surface area is 224 Å². The van der Waals surface area contributed by atoms with Crippen LogP contribution in [0.5, 0.6) is 11.5 Å². The fourth-order valence-electron chi connectivity index (χ4n) is 3.36. The van der Waals surface area contributed by atoms with Gasteiger partial charge in [-0.25, -0.2) is 13.8 Å². The Morgan fingerprint density at radius 2 is 1.81 bits per heavy atom. The third-order valence-electron chi connectivity index (χ3n) is 5.26. The van der Waals surface area contributed by atoms with Gasteiger partial charge in [0.25, 0.3) is 15.9 Å². The zero-order chi connectivity index (χ0) is 26.5. The van der Waals surface area contributed by atoms with Crippen LogP contribution >= 0.6 is 27.5 Å². The van der Waals surface area contributed by atoms with Gasteiger partial charge < -0.3 is 9.47 Å². The van der Waals surface area contributed by atoms with Crippen molar-refractivity contribution in [1.29, 1.82) is 0 Å². The van der Waals surface area contributed by atoms with E-state index in [0.717, 1.165) is 9.87 Å². The van der Waals surface area contributed by atoms with Gasteiger partial charge in [0.15, 0.2) is 11.5 Å². The molecule has 0 saturated carbocycles. The molecule has 0 saturated heterocycles. The molecule has 36 heavy (non-hydrogen) atoms. The van der Waals surface area contributed by atoms with E-state index in [0.29, 0.717) is 37.8 Å². The van der Waals surface area contributed by atoms with Crippen LogP contribution in [0.15, 0.2) is 69.1 Å². The van der Waals surface area contributed by atoms with E-state index in [4.69, 9.17) is 21.1 Å². The molecule has 3 aromatic rings. The van der Waals surface area contributed by atoms with E-state index in [1.165, 1.54) is 32.6 Å². The maximum absolute atomic E-state index is 13.5. The number of carbonyl (C=O) groups excluding carboxylic acids is 1. The van der Waals surface area contributed by atoms with Crippen molar-refractivity contribution in [3.63, 3.8) is 0 Å². The second-order valence-corrected chi connectivity index (χ2v) is 10.9. The van der Waals surface area contributed by atoms with Crippen LogP contribution < -0.4 is 19.2 Å². The Bertz CT molecular complexity index is 1400. The van der Waals surface area contributed by atoms with Crippen molar-refractivity contribution < 1.29 is 22.7 Å². The molecule has 0 aliphatic heterocycles. The summed E-state index contributed by atoms with van der Waals surface area (Å²) in [4.78, 5) is 12.9. The Hall–Kier alpha value is -3.08. The number of hydrogen-bond acceptors (Lipinski definition) is 6. The van der Waals surface area contributed by atoms with Crippen LogP contribution in [-0.2, 0) is 14.8 Å². The molecule has 0 bridgehead atoms. The molecular formula is C25H25BrClN3O5S. The third-order valence-corrected chi connectivity index (χ3v) is 8.04. The zero-order valence-corrected chi connectivity index (χ0v) is 23.2. The largest absolute Gasteiger partial charge is 0.493 e. The van der Waals surface area contributed by atoms with Crippen LogP contribution in [0.3, 0.4) is 0 Å². The SMILES string of the molecule is COc1cc(/C=N\NC(=O)CN(c2cccc(Cl)c2C)S(=O)(=O)c2ccc(C)cc2)cc(Br)c1OC. The molecule has 0 aliphatic rings. The van der Waals surface area contributed by atoms with Gasteiger partial charge in [-0.1, -0.05) is 35.4 Å². The number of rotatable bonds is 9. The van der Waals surface area contributed by atoms with Crippen LogP contribution in [0.4, 0.5) is 5.69 Å². The summed E-state index contributed by atoms with van der Waals surface area (Å²) in [7, 11) is -1.05. The average molecular weight is 595 g/mol. The van der Waals surface area contributed by atoms with Crippen LogP contribution in [-0.4, -0.2) is 41.3 Å². The first kappa shape index (κ1) is 27.5. The van der Waals surface area contributed by atoms with Crippen molar-refractivity contribution in [3.8, 4) is 11.5 Å². The molecule has 0 aromatic heterocycles. The summed E-state index contributed by atoms with van der Waals surface area (Å²) >= 11 is 9.65. The lowest BCUT2D eigenvalue weighted by molar-refractivity contribution is -0.119. The van der Waals surface area contributed by atoms with Gasteiger partial charge in [0.1, 0.15) is 6.54 Å². The van der Waals surface area contributed by atoms with Crippen LogP contribution in [0.25, 0.3) is 0 Å². The molecule has 0 heterocycles. The number of sulfonamides is 1. The third kappa shape index (κ3) is 6.18. The standard InChI is InChI=1S/C25H25BrClN3O5S/c1-16-8-10-19(11-9-16)36(32,33)30(22-7-5-6-21(27)17(22)2)15-24(31)29-28-14-18-12-20(26)25(35-4)23(13-18)34-3/h5-14H,15H2,1-4H3,(H,29,31)/b28-14-. The first-order chi connectivity index (χ1) is 17.1. The van der Waals surface area contributed by atoms with E-state index in [-0.39, 0.29) is 4.90 Å². The highest BCUT2D eigenvalue weighted by Crippen LogP contribution is 2.36. The molecule has 1 amide bonds. The van der Waals surface area contributed by atoms with Gasteiger partial charge in [0, 0.05) is 5.02 Å². The smallest absolute Gasteiger partial charge is 0.264 e. The Morgan fingerprint density at radius 3 is 2.44 bits per heavy atom. The van der Waals surface area contributed by atoms with Crippen molar-refractivity contribution in [1.82, 2.24) is 5.43 Å². The zero-order valence-electron chi connectivity index (χ0n) is 20.1. The van der Waals surface area contributed by atoms with Crippen molar-refractivity contribution in [2.75, 3.05) is 25.1 Å². The summed E-state index contributed by atoms with van der Waals surface area (Å²) in [5, 5.41) is 4.36. The molecule has 0 spiro atoms. The molecule has 0 atom stereocenters. The number of nitrogens with one attached hydrogen (secondary N) is 1. The monoisotopic (exact) mass is 593 g/mol. The molecule has 3 aromatic carbocycles. The Balaban J connectivity index is 1.88. The number of aryl methyl sites for hydroxylation is 1. The van der Waals surface area contributed by atoms with Gasteiger partial charge in [-0.2, -0.15) is 5.10 Å². The lowest BCUT2D eigenvalue weighted by atomic mass is 10.2. The average Bonchev–Trinajstić information content (AvgIpc) is 2.84. The lowest BCUT2D eigenvalue weighted by Crippen LogP contribution is -2.40. The fourth-order valence-corrected chi connectivity index (χ4v) is 5.63. The van der Waals surface area contributed by atoms with Crippen molar-refractivity contribution in [2.24, 2.45) is 5.10 Å². The predicted molar refractivity (Wildman–Crippen MR) is 145 cm³/mol. The van der Waals surface area contributed by atoms with Gasteiger partial charge >= 0.3 is 0 Å². The van der Waals surface area contributed by atoms with Gasteiger partial charge in [0.2, 0.25) is 0 Å². The fraction of sp³-hybridized carbons (Fsp3) is 0.200. The van der Waals surface area contributed by atoms with E-state index < -0.39 is 22.5 Å². The highest BCUT2D eigenvalue weighted by molar-refractivity contribution is 9.10. The van der Waals surface area contributed by atoms with Crippen LogP contribution in [0.1, 0.15) is 16.7 Å². The summed E-state index contributed by atoms with van der Waals surface area (Å²) in [6.45, 7) is 3.04. The van der Waals surface area contributed by atoms with Crippen molar-refractivity contribution in [3.05, 3.63) is 80.8 Å². The Kier molecular flexibility index (Phi) is 8.99. The van der Waals surface area contributed by atoms with Crippen molar-refractivity contribution >= 4 is 55.4 Å². The molecule has 3 rings (SSSR count). The van der Waals surface area contributed by atoms with E-state index in [9.17, 15) is 13.2 Å². The number of halogens is 2. The first-order valence-electron chi connectivity index (χ1n) is 10.7. The number of benzene rings is 3. The highest BCUT2D eigenvalue weighted by Gasteiger charge is 2.28. The van der Waals surface area contributed by atoms with E-state index >= 15 is 0 Å². The molecular weight excluding hydrogens is 570 g/mol. The van der Waals surface area contributed by atoms with Crippen LogP contribution in [0, 0.1) is 13.8 Å². The number of hydrogen-bond donors (Lipinski definition) is 1. The Morgan fingerprint density at radius 1 is 1.11 bits per heavy atom. The molecule has 0 fully saturated rings. The predicted octanol–water partition coefficient (Wildman–Crippen LogP) is 5.08. The maximum atomic E-state index is 13.5. The minimum atomic E-state index is -4.08. The molecule has 0 radical (unpaired) electrons. The molecule has 0 unspecified atom stereocenters. The number of anilines is 1. The number of ether oxygens (including phenoxy) is 2. The minimum Gasteiger partial charge on any atom is -0.493 e. The maximum Gasteiger partial charge on any atom is 0.264 e. The summed E-state index contributed by atoms with van der Waals surface area (Å²) in [6.07, 6.45) is 1.41. The first-order valence-corrected chi connectivity index (χ1v) is 13.3. The molecule has 0 aliphatic carbocycles. The summed E-state index contributed by atoms with van der Waals surface area (Å²) in [6, 6.07) is 14.7. The number of nitrogens with zero attached hydrogens (tertiary/aromatic N) is 2. The summed E-state index contributed by atoms with van der Waals surface area (Å²) in [5.41, 5.74) is 4.74. The number of amides is 1. The number of methoxy groups -OCH3 is 2. The second kappa shape index (κ2) is 11.8. The van der Waals surface area contributed by atoms with Gasteiger partial charge in [-0.3, -0.25) is 9.10 Å². The molecule has 8 nitrogen and oxygen atoms in total. The number of hydrazone groups is 1. The topological polar surface area (TPSA) is 97.3 Å². The molecule has 190 valence electrons. The van der Waals surface area contributed by atoms with Crippen molar-refractivity contribution in [2.45, 2.75) is 18.7 Å². The van der Waals surface area contributed by atoms with E-state index in [2.05, 4.69) is 26.5 Å². The van der Waals surface area contributed by atoms with E-state index in [1.807, 2.05) is 6.92 Å². The van der Waals surface area contributed by atoms with Crippen LogP contribution in [0.2, 0.25) is 5.02 Å². The highest BCUT2D eigenvalue weighted by atomic mass is 79.9.